The highest BCUT2D eigenvalue weighted by atomic mass is 16.5. The second-order valence-corrected chi connectivity index (χ2v) is 4.25. The van der Waals surface area contributed by atoms with Crippen LogP contribution in [0, 0.1) is 0 Å². The van der Waals surface area contributed by atoms with Crippen LogP contribution in [0.15, 0.2) is 12.3 Å². The number of anilines is 2. The number of carbonyl (C=O) groups excluding carboxylic acids is 1. The maximum absolute atomic E-state index is 11.8. The lowest BCUT2D eigenvalue weighted by molar-refractivity contribution is 0.0526. The number of nitrogens with two attached hydrogens (primary N) is 1. The summed E-state index contributed by atoms with van der Waals surface area (Å²) in [6.07, 6.45) is 1.80. The molecule has 1 fully saturated rings. The van der Waals surface area contributed by atoms with Crippen LogP contribution < -0.4 is 10.6 Å². The zero-order valence-corrected chi connectivity index (χ0v) is 10.3. The Morgan fingerprint density at radius 1 is 1.72 bits per heavy atom. The third-order valence-corrected chi connectivity index (χ3v) is 2.85. The second-order valence-electron chi connectivity index (χ2n) is 4.25. The van der Waals surface area contributed by atoms with Crippen molar-refractivity contribution >= 4 is 17.5 Å². The van der Waals surface area contributed by atoms with Gasteiger partial charge in [-0.15, -0.1) is 0 Å². The average molecular weight is 251 g/mol. The third-order valence-electron chi connectivity index (χ3n) is 2.85. The van der Waals surface area contributed by atoms with Crippen LogP contribution >= 0.6 is 0 Å². The molecule has 3 N–H and O–H groups in total. The minimum absolute atomic E-state index is 0.301. The molecular formula is C12H17N3O3. The second kappa shape index (κ2) is 5.22. The lowest BCUT2D eigenvalue weighted by atomic mass is 10.2. The van der Waals surface area contributed by atoms with Crippen molar-refractivity contribution in [2.24, 2.45) is 0 Å². The Hall–Kier alpha value is -1.82. The number of aromatic nitrogens is 1. The van der Waals surface area contributed by atoms with Crippen molar-refractivity contribution in [2.45, 2.75) is 19.4 Å². The fourth-order valence-corrected chi connectivity index (χ4v) is 2.02. The molecule has 18 heavy (non-hydrogen) atoms. The molecule has 2 rings (SSSR count). The third kappa shape index (κ3) is 2.53. The first kappa shape index (κ1) is 12.6. The maximum Gasteiger partial charge on any atom is 0.341 e. The summed E-state index contributed by atoms with van der Waals surface area (Å²) in [5, 5.41) is 9.54. The molecule has 0 saturated carbocycles. The molecule has 1 aromatic heterocycles. The van der Waals surface area contributed by atoms with Crippen LogP contribution in [0.4, 0.5) is 11.5 Å². The largest absolute Gasteiger partial charge is 0.462 e. The Morgan fingerprint density at radius 2 is 2.50 bits per heavy atom. The van der Waals surface area contributed by atoms with Gasteiger partial charge in [0.05, 0.1) is 24.6 Å². The number of hydrogen-bond donors (Lipinski definition) is 2. The van der Waals surface area contributed by atoms with E-state index in [2.05, 4.69) is 4.98 Å². The van der Waals surface area contributed by atoms with Crippen LogP contribution in [0.1, 0.15) is 23.7 Å². The molecule has 1 unspecified atom stereocenters. The van der Waals surface area contributed by atoms with Crippen molar-refractivity contribution in [1.82, 2.24) is 4.98 Å². The summed E-state index contributed by atoms with van der Waals surface area (Å²) in [6.45, 7) is 3.19. The first-order valence-corrected chi connectivity index (χ1v) is 5.97. The molecule has 6 nitrogen and oxygen atoms in total. The summed E-state index contributed by atoms with van der Waals surface area (Å²) in [6, 6.07) is 1.56. The monoisotopic (exact) mass is 251 g/mol. The van der Waals surface area contributed by atoms with E-state index in [-0.39, 0.29) is 6.10 Å². The zero-order valence-electron chi connectivity index (χ0n) is 10.3. The number of nitrogen functional groups attached to an aromatic ring is 1. The molecule has 0 amide bonds. The molecule has 1 saturated heterocycles. The predicted molar refractivity (Wildman–Crippen MR) is 67.4 cm³/mol. The molecule has 98 valence electrons. The predicted octanol–water partition coefficient (Wildman–Crippen LogP) is 0.411. The van der Waals surface area contributed by atoms with E-state index in [1.54, 1.807) is 13.0 Å². The summed E-state index contributed by atoms with van der Waals surface area (Å²) >= 11 is 0. The highest BCUT2D eigenvalue weighted by Crippen LogP contribution is 2.24. The van der Waals surface area contributed by atoms with Crippen LogP contribution in [0.5, 0.6) is 0 Å². The molecule has 6 heteroatoms. The Morgan fingerprint density at radius 3 is 3.11 bits per heavy atom. The average Bonchev–Trinajstić information content (AvgIpc) is 2.76. The van der Waals surface area contributed by atoms with Crippen LogP contribution in [0.2, 0.25) is 0 Å². The van der Waals surface area contributed by atoms with E-state index in [9.17, 15) is 9.90 Å². The van der Waals surface area contributed by atoms with Crippen molar-refractivity contribution in [3.63, 3.8) is 0 Å². The number of β-amino-alcohol motifs (C(OH)–C–C–N with tert-alkyl or cyclic N) is 1. The van der Waals surface area contributed by atoms with Gasteiger partial charge in [-0.1, -0.05) is 0 Å². The summed E-state index contributed by atoms with van der Waals surface area (Å²) in [5.74, 6) is 0.0906. The fourth-order valence-electron chi connectivity index (χ4n) is 2.02. The molecule has 1 aliphatic rings. The Balaban J connectivity index is 2.31. The number of nitrogens with zero attached hydrogens (tertiary/aromatic N) is 2. The van der Waals surface area contributed by atoms with Crippen LogP contribution in [0.25, 0.3) is 0 Å². The molecule has 2 heterocycles. The van der Waals surface area contributed by atoms with Crippen LogP contribution in [-0.2, 0) is 4.74 Å². The molecule has 1 aromatic rings. The van der Waals surface area contributed by atoms with E-state index in [1.165, 1.54) is 6.20 Å². The highest BCUT2D eigenvalue weighted by Gasteiger charge is 2.26. The molecule has 0 aromatic carbocycles. The molecular weight excluding hydrogens is 234 g/mol. The summed E-state index contributed by atoms with van der Waals surface area (Å²) in [7, 11) is 0. The molecule has 0 bridgehead atoms. The zero-order chi connectivity index (χ0) is 13.1. The molecule has 0 aliphatic carbocycles. The van der Waals surface area contributed by atoms with E-state index in [0.717, 1.165) is 0 Å². The number of carbonyl (C=O) groups is 1. The van der Waals surface area contributed by atoms with E-state index < -0.39 is 5.97 Å². The topological polar surface area (TPSA) is 88.7 Å². The van der Waals surface area contributed by atoms with Crippen LogP contribution in [0.3, 0.4) is 0 Å². The molecule has 1 atom stereocenters. The Kier molecular flexibility index (Phi) is 3.66. The van der Waals surface area contributed by atoms with Gasteiger partial charge in [0, 0.05) is 13.1 Å². The Bertz CT molecular complexity index is 450. The van der Waals surface area contributed by atoms with Gasteiger partial charge in [-0.3, -0.25) is 0 Å². The molecule has 0 radical (unpaired) electrons. The number of hydrogen-bond acceptors (Lipinski definition) is 6. The van der Waals surface area contributed by atoms with Gasteiger partial charge in [0.25, 0.3) is 0 Å². The highest BCUT2D eigenvalue weighted by molar-refractivity contribution is 5.95. The van der Waals surface area contributed by atoms with Gasteiger partial charge in [0.1, 0.15) is 11.4 Å². The van der Waals surface area contributed by atoms with Gasteiger partial charge < -0.3 is 20.5 Å². The van der Waals surface area contributed by atoms with E-state index >= 15 is 0 Å². The lowest BCUT2D eigenvalue weighted by Crippen LogP contribution is -2.25. The maximum atomic E-state index is 11.8. The van der Waals surface area contributed by atoms with Crippen LogP contribution in [-0.4, -0.2) is 41.9 Å². The molecule has 0 spiro atoms. The van der Waals surface area contributed by atoms with Gasteiger partial charge >= 0.3 is 5.97 Å². The molecule has 1 aliphatic heterocycles. The van der Waals surface area contributed by atoms with Gasteiger partial charge in [0.2, 0.25) is 0 Å². The van der Waals surface area contributed by atoms with Crippen molar-refractivity contribution < 1.29 is 14.6 Å². The minimum atomic E-state index is -0.436. The number of aliphatic hydroxyl groups is 1. The van der Waals surface area contributed by atoms with Crippen molar-refractivity contribution in [3.05, 3.63) is 17.8 Å². The number of ether oxygens (including phenoxy) is 1. The number of esters is 1. The number of rotatable bonds is 3. The van der Waals surface area contributed by atoms with Gasteiger partial charge in [0.15, 0.2) is 0 Å². The first-order chi connectivity index (χ1) is 8.61. The summed E-state index contributed by atoms with van der Waals surface area (Å²) < 4.78 is 4.99. The number of pyridine rings is 1. The Labute approximate surface area is 105 Å². The van der Waals surface area contributed by atoms with Crippen molar-refractivity contribution in [1.29, 1.82) is 0 Å². The lowest BCUT2D eigenvalue weighted by Gasteiger charge is -2.19. The summed E-state index contributed by atoms with van der Waals surface area (Å²) in [5.41, 5.74) is 6.42. The van der Waals surface area contributed by atoms with Gasteiger partial charge in [-0.25, -0.2) is 9.78 Å². The quantitative estimate of drug-likeness (QED) is 0.756. The SMILES string of the molecule is CCOC(=O)c1cc(N)cnc1N1CCC(O)C1. The summed E-state index contributed by atoms with van der Waals surface area (Å²) in [4.78, 5) is 17.9. The van der Waals surface area contributed by atoms with E-state index in [0.29, 0.717) is 43.2 Å². The van der Waals surface area contributed by atoms with Crippen molar-refractivity contribution in [2.75, 3.05) is 30.3 Å². The standard InChI is InChI=1S/C12H17N3O3/c1-2-18-12(17)10-5-8(13)6-14-11(10)15-4-3-9(16)7-15/h5-6,9,16H,2-4,7,13H2,1H3. The number of aliphatic hydroxyl groups excluding tert-OH is 1. The smallest absolute Gasteiger partial charge is 0.341 e. The first-order valence-electron chi connectivity index (χ1n) is 5.97. The minimum Gasteiger partial charge on any atom is -0.462 e. The van der Waals surface area contributed by atoms with Gasteiger partial charge in [-0.2, -0.15) is 0 Å². The van der Waals surface area contributed by atoms with Crippen molar-refractivity contribution in [3.8, 4) is 0 Å². The normalized spacial score (nSPS) is 19.0. The van der Waals surface area contributed by atoms with E-state index in [1.807, 2.05) is 4.90 Å². The van der Waals surface area contributed by atoms with Gasteiger partial charge in [-0.05, 0) is 19.4 Å². The van der Waals surface area contributed by atoms with E-state index in [4.69, 9.17) is 10.5 Å². The fraction of sp³-hybridized carbons (Fsp3) is 0.500.